The van der Waals surface area contributed by atoms with Gasteiger partial charge in [-0.2, -0.15) is 0 Å². The van der Waals surface area contributed by atoms with E-state index in [2.05, 4.69) is 0 Å². The lowest BCUT2D eigenvalue weighted by atomic mass is 10.1. The van der Waals surface area contributed by atoms with Crippen molar-refractivity contribution in [1.82, 2.24) is 0 Å². The van der Waals surface area contributed by atoms with E-state index >= 15 is 0 Å². The number of aryl methyl sites for hydroxylation is 1. The van der Waals surface area contributed by atoms with E-state index in [-0.39, 0.29) is 19.0 Å². The van der Waals surface area contributed by atoms with Gasteiger partial charge >= 0.3 is 5.97 Å². The Kier molecular flexibility index (Phi) is 6.93. The molecule has 0 fully saturated rings. The first-order chi connectivity index (χ1) is 14.0. The summed E-state index contributed by atoms with van der Waals surface area (Å²) in [4.78, 5) is 12.2. The maximum Gasteiger partial charge on any atom is 0.306 e. The maximum absolute atomic E-state index is 12.2. The second kappa shape index (κ2) is 9.60. The molecule has 1 heterocycles. The van der Waals surface area contributed by atoms with Crippen molar-refractivity contribution in [2.24, 2.45) is 0 Å². The van der Waals surface area contributed by atoms with Crippen molar-refractivity contribution in [3.63, 3.8) is 0 Å². The topological polar surface area (TPSA) is 72.5 Å². The first-order valence-corrected chi connectivity index (χ1v) is 9.46. The quantitative estimate of drug-likeness (QED) is 0.599. The van der Waals surface area contributed by atoms with Gasteiger partial charge in [0.25, 0.3) is 0 Å². The Hall–Kier alpha value is -2.80. The second-order valence-corrected chi connectivity index (χ2v) is 6.70. The number of esters is 1. The lowest BCUT2D eigenvalue weighted by Crippen LogP contribution is -2.16. The van der Waals surface area contributed by atoms with Crippen LogP contribution in [0.3, 0.4) is 0 Å². The third-order valence-corrected chi connectivity index (χ3v) is 4.68. The normalized spacial score (nSPS) is 12.3. The molecule has 0 atom stereocenters. The molecule has 0 bridgehead atoms. The highest BCUT2D eigenvalue weighted by Crippen LogP contribution is 2.39. The molecule has 29 heavy (non-hydrogen) atoms. The number of methoxy groups -OCH3 is 3. The number of benzene rings is 2. The fourth-order valence-electron chi connectivity index (χ4n) is 3.01. The van der Waals surface area contributed by atoms with Gasteiger partial charge in [0.15, 0.2) is 23.0 Å². The zero-order valence-electron chi connectivity index (χ0n) is 16.6. The van der Waals surface area contributed by atoms with Gasteiger partial charge in [0.05, 0.1) is 26.4 Å². The largest absolute Gasteiger partial charge is 0.493 e. The van der Waals surface area contributed by atoms with Crippen LogP contribution in [0.5, 0.6) is 28.7 Å². The zero-order valence-corrected chi connectivity index (χ0v) is 17.3. The predicted molar refractivity (Wildman–Crippen MR) is 107 cm³/mol. The summed E-state index contributed by atoms with van der Waals surface area (Å²) >= 11 is 6.21. The molecule has 0 aromatic heterocycles. The first kappa shape index (κ1) is 20.9. The average Bonchev–Trinajstić information content (AvgIpc) is 2.75. The van der Waals surface area contributed by atoms with Crippen molar-refractivity contribution < 1.29 is 33.2 Å². The molecule has 0 unspecified atom stereocenters. The van der Waals surface area contributed by atoms with Gasteiger partial charge in [-0.3, -0.25) is 4.79 Å². The summed E-state index contributed by atoms with van der Waals surface area (Å²) in [5, 5.41) is 0.436. The highest BCUT2D eigenvalue weighted by molar-refractivity contribution is 6.32. The van der Waals surface area contributed by atoms with Crippen LogP contribution in [0.2, 0.25) is 5.02 Å². The van der Waals surface area contributed by atoms with Crippen molar-refractivity contribution in [3.05, 3.63) is 40.4 Å². The molecule has 0 N–H and O–H groups in total. The molecule has 0 spiro atoms. The van der Waals surface area contributed by atoms with Crippen LogP contribution in [0, 0.1) is 0 Å². The van der Waals surface area contributed by atoms with Crippen LogP contribution in [0.25, 0.3) is 0 Å². The Bertz CT molecular complexity index is 857. The molecule has 1 aliphatic rings. The molecule has 0 saturated heterocycles. The molecule has 2 aromatic carbocycles. The van der Waals surface area contributed by atoms with Crippen LogP contribution < -0.4 is 23.7 Å². The fraction of sp³-hybridized carbons (Fsp3) is 0.381. The van der Waals surface area contributed by atoms with Gasteiger partial charge in [-0.05, 0) is 41.8 Å². The summed E-state index contributed by atoms with van der Waals surface area (Å²) in [6.07, 6.45) is 0.675. The summed E-state index contributed by atoms with van der Waals surface area (Å²) in [5.41, 5.74) is 1.61. The zero-order chi connectivity index (χ0) is 20.8. The third kappa shape index (κ3) is 4.98. The average molecular weight is 423 g/mol. The molecule has 2 aromatic rings. The number of hydrogen-bond donors (Lipinski definition) is 0. The summed E-state index contributed by atoms with van der Waals surface area (Å²) < 4.78 is 32.4. The molecule has 0 amide bonds. The molecule has 0 radical (unpaired) electrons. The number of rotatable bonds is 8. The Morgan fingerprint density at radius 3 is 2.31 bits per heavy atom. The first-order valence-electron chi connectivity index (χ1n) is 9.08. The molecular weight excluding hydrogens is 400 g/mol. The molecule has 7 nitrogen and oxygen atoms in total. The fourth-order valence-corrected chi connectivity index (χ4v) is 3.30. The van der Waals surface area contributed by atoms with Crippen molar-refractivity contribution in [2.45, 2.75) is 19.4 Å². The minimum absolute atomic E-state index is 0.102. The van der Waals surface area contributed by atoms with Gasteiger partial charge in [-0.15, -0.1) is 0 Å². The summed E-state index contributed by atoms with van der Waals surface area (Å²) in [7, 11) is 4.64. The Balaban J connectivity index is 1.59. The SMILES string of the molecule is COc1cc(CCC(=O)OCc2cc(Cl)c3c(c2)OCCO3)cc(OC)c1OC. The van der Waals surface area contributed by atoms with Crippen molar-refractivity contribution in [1.29, 1.82) is 0 Å². The monoisotopic (exact) mass is 422 g/mol. The Labute approximate surface area is 174 Å². The van der Waals surface area contributed by atoms with Gasteiger partial charge in [-0.25, -0.2) is 0 Å². The van der Waals surface area contributed by atoms with Crippen LogP contribution >= 0.6 is 11.6 Å². The summed E-state index contributed by atoms with van der Waals surface area (Å²) in [6, 6.07) is 7.11. The van der Waals surface area contributed by atoms with E-state index in [0.717, 1.165) is 11.1 Å². The van der Waals surface area contributed by atoms with Gasteiger partial charge in [-0.1, -0.05) is 11.6 Å². The van der Waals surface area contributed by atoms with Gasteiger partial charge in [0.1, 0.15) is 19.8 Å². The van der Waals surface area contributed by atoms with E-state index in [1.54, 1.807) is 33.5 Å². The minimum atomic E-state index is -0.329. The molecule has 156 valence electrons. The predicted octanol–water partition coefficient (Wildman–Crippen LogP) is 3.81. The van der Waals surface area contributed by atoms with Crippen LogP contribution in [0.4, 0.5) is 0 Å². The number of ether oxygens (including phenoxy) is 6. The highest BCUT2D eigenvalue weighted by atomic mass is 35.5. The van der Waals surface area contributed by atoms with Gasteiger partial charge in [0, 0.05) is 6.42 Å². The number of carbonyl (C=O) groups is 1. The number of carbonyl (C=O) groups excluding carboxylic acids is 1. The van der Waals surface area contributed by atoms with Crippen molar-refractivity contribution in [3.8, 4) is 28.7 Å². The smallest absolute Gasteiger partial charge is 0.306 e. The van der Waals surface area contributed by atoms with E-state index in [1.165, 1.54) is 0 Å². The van der Waals surface area contributed by atoms with Crippen molar-refractivity contribution in [2.75, 3.05) is 34.5 Å². The summed E-state index contributed by atoms with van der Waals surface area (Å²) in [6.45, 7) is 1.02. The highest BCUT2D eigenvalue weighted by Gasteiger charge is 2.18. The second-order valence-electron chi connectivity index (χ2n) is 6.30. The van der Waals surface area contributed by atoms with Crippen LogP contribution in [-0.4, -0.2) is 40.5 Å². The van der Waals surface area contributed by atoms with E-state index in [0.29, 0.717) is 53.4 Å². The van der Waals surface area contributed by atoms with Crippen LogP contribution in [0.1, 0.15) is 17.5 Å². The Morgan fingerprint density at radius 1 is 0.966 bits per heavy atom. The van der Waals surface area contributed by atoms with E-state index in [9.17, 15) is 4.79 Å². The molecule has 0 aliphatic carbocycles. The molecule has 1 aliphatic heterocycles. The van der Waals surface area contributed by atoms with Gasteiger partial charge < -0.3 is 28.4 Å². The van der Waals surface area contributed by atoms with Crippen LogP contribution in [-0.2, 0) is 22.6 Å². The Morgan fingerprint density at radius 2 is 1.66 bits per heavy atom. The summed E-state index contributed by atoms with van der Waals surface area (Å²) in [5.74, 6) is 2.35. The van der Waals surface area contributed by atoms with Crippen LogP contribution in [0.15, 0.2) is 24.3 Å². The minimum Gasteiger partial charge on any atom is -0.493 e. The molecule has 8 heteroatoms. The van der Waals surface area contributed by atoms with Gasteiger partial charge in [0.2, 0.25) is 5.75 Å². The van der Waals surface area contributed by atoms with E-state index in [1.807, 2.05) is 12.1 Å². The lowest BCUT2D eigenvalue weighted by molar-refractivity contribution is -0.144. The van der Waals surface area contributed by atoms with E-state index < -0.39 is 0 Å². The number of halogens is 1. The van der Waals surface area contributed by atoms with Crippen molar-refractivity contribution >= 4 is 17.6 Å². The third-order valence-electron chi connectivity index (χ3n) is 4.40. The standard InChI is InChI=1S/C21H23ClO7/c1-24-16-9-13(10-17(25-2)21(16)26-3)4-5-19(23)29-12-14-8-15(22)20-18(11-14)27-6-7-28-20/h8-11H,4-7,12H2,1-3H3. The van der Waals surface area contributed by atoms with E-state index in [4.69, 9.17) is 40.0 Å². The molecule has 3 rings (SSSR count). The lowest BCUT2D eigenvalue weighted by Gasteiger charge is -2.20. The molecular formula is C21H23ClO7. The maximum atomic E-state index is 12.2. The molecule has 0 saturated carbocycles. The number of fused-ring (bicyclic) bond motifs is 1. The number of hydrogen-bond acceptors (Lipinski definition) is 7.